The Morgan fingerprint density at radius 3 is 1.64 bits per heavy atom. The maximum atomic E-state index is 10.7. The van der Waals surface area contributed by atoms with Gasteiger partial charge >= 0.3 is 88.7 Å². The molecule has 3 N–H and O–H groups in total. The van der Waals surface area contributed by atoms with E-state index in [1.807, 2.05) is 11.8 Å². The third-order valence-electron chi connectivity index (χ3n) is 1.97. The topological polar surface area (TPSA) is 167 Å². The van der Waals surface area contributed by atoms with Crippen molar-refractivity contribution in [1.82, 2.24) is 4.90 Å². The smallest absolute Gasteiger partial charge is 0.822 e. The number of aliphatic hydroxyl groups is 3. The first-order chi connectivity index (χ1) is 8.65. The molecule has 0 aromatic heterocycles. The summed E-state index contributed by atoms with van der Waals surface area (Å²) in [4.78, 5) is 38.3. The van der Waals surface area contributed by atoms with E-state index in [-0.39, 0.29) is 102 Å². The number of amides is 1. The number of carbonyl (C=O) groups is 1. The van der Waals surface area contributed by atoms with Crippen LogP contribution in [0.3, 0.4) is 0 Å². The van der Waals surface area contributed by atoms with Gasteiger partial charge in [-0.15, -0.1) is 0 Å². The number of carbonyl (C=O) groups excluding carboxylic acids is 1. The molecule has 0 spiro atoms. The summed E-state index contributed by atoms with van der Waals surface area (Å²) in [5.74, 6) is 0.326. The molecule has 0 bridgehead atoms. The first kappa shape index (κ1) is 35.5. The number of nitrogens with zero attached hydrogens (tertiary/aromatic N) is 1. The zero-order valence-corrected chi connectivity index (χ0v) is 20.5. The van der Waals surface area contributed by atoms with Crippen molar-refractivity contribution in [3.05, 3.63) is 0 Å². The third kappa shape index (κ3) is 30.4. The van der Waals surface area contributed by atoms with E-state index in [1.165, 1.54) is 0 Å². The summed E-state index contributed by atoms with van der Waals surface area (Å²) in [5, 5.41) is 24.0. The van der Waals surface area contributed by atoms with E-state index >= 15 is 0 Å². The van der Waals surface area contributed by atoms with Crippen LogP contribution in [0.2, 0.25) is 0 Å². The molecule has 0 unspecified atom stereocenters. The predicted molar refractivity (Wildman–Crippen MR) is 59.3 cm³/mol. The minimum atomic E-state index is -5.39. The second kappa shape index (κ2) is 21.5. The Bertz CT molecular complexity index is 282. The standard InChI is InChI=1S/C6H11NO.C3H8O3.3Na.H3O4P/c1-2-7-5-3-4-6(7)8;4-1-3(6)2-5;;;;1-5(2,3)4/h2-5H2,1H3;3-6H,1-2H2;;;;(H3,1,2,3,4)/q;;3*+1;/p-3. The average molecular weight is 369 g/mol. The molecule has 1 aliphatic heterocycles. The molecule has 9 nitrogen and oxygen atoms in total. The molecule has 1 saturated heterocycles. The number of rotatable bonds is 3. The Balaban J connectivity index is -0.0000000634. The van der Waals surface area contributed by atoms with Crippen LogP contribution in [0.1, 0.15) is 19.8 Å². The van der Waals surface area contributed by atoms with Crippen LogP contribution in [0.5, 0.6) is 0 Å². The first-order valence-electron chi connectivity index (χ1n) is 5.56. The molecule has 0 radical (unpaired) electrons. The van der Waals surface area contributed by atoms with Gasteiger partial charge in [-0.2, -0.15) is 7.82 Å². The van der Waals surface area contributed by atoms with Gasteiger partial charge in [-0.3, -0.25) is 4.79 Å². The monoisotopic (exact) mass is 369 g/mol. The Morgan fingerprint density at radius 1 is 1.18 bits per heavy atom. The zero-order valence-electron chi connectivity index (χ0n) is 13.6. The maximum Gasteiger partial charge on any atom is 1.00 e. The summed E-state index contributed by atoms with van der Waals surface area (Å²) in [6, 6.07) is 0. The SMILES string of the molecule is CCN1CCCC1=O.O=P([O-])([O-])[O-].OCC(O)CO.[Na+].[Na+].[Na+]. The molecule has 0 aromatic carbocycles. The van der Waals surface area contributed by atoms with Crippen LogP contribution in [0, 0.1) is 0 Å². The van der Waals surface area contributed by atoms with Gasteiger partial charge in [0, 0.05) is 19.5 Å². The minimum Gasteiger partial charge on any atom is -0.822 e. The fourth-order valence-electron chi connectivity index (χ4n) is 1.10. The van der Waals surface area contributed by atoms with E-state index in [4.69, 9.17) is 34.6 Å². The van der Waals surface area contributed by atoms with Crippen molar-refractivity contribution in [3.8, 4) is 0 Å². The van der Waals surface area contributed by atoms with Gasteiger partial charge in [0.05, 0.1) is 13.2 Å². The van der Waals surface area contributed by atoms with Gasteiger partial charge in [0.1, 0.15) is 6.10 Å². The van der Waals surface area contributed by atoms with E-state index in [9.17, 15) is 4.79 Å². The summed E-state index contributed by atoms with van der Waals surface area (Å²) >= 11 is 0. The van der Waals surface area contributed by atoms with Crippen LogP contribution in [0.25, 0.3) is 0 Å². The molecule has 1 heterocycles. The largest absolute Gasteiger partial charge is 1.00 e. The first-order valence-corrected chi connectivity index (χ1v) is 7.02. The molecule has 1 amide bonds. The molecule has 1 fully saturated rings. The average Bonchev–Trinajstić information content (AvgIpc) is 2.72. The number of hydrogen-bond donors (Lipinski definition) is 3. The molecule has 0 aliphatic carbocycles. The van der Waals surface area contributed by atoms with E-state index in [0.29, 0.717) is 5.91 Å². The van der Waals surface area contributed by atoms with Gasteiger partial charge in [-0.1, -0.05) is 0 Å². The summed E-state index contributed by atoms with van der Waals surface area (Å²) in [7, 11) is -5.39. The van der Waals surface area contributed by atoms with Crippen LogP contribution >= 0.6 is 7.82 Å². The quantitative estimate of drug-likeness (QED) is 0.326. The Morgan fingerprint density at radius 2 is 1.55 bits per heavy atom. The van der Waals surface area contributed by atoms with E-state index < -0.39 is 13.9 Å². The van der Waals surface area contributed by atoms with Crippen molar-refractivity contribution < 1.29 is 128 Å². The van der Waals surface area contributed by atoms with Gasteiger partial charge in [-0.25, -0.2) is 0 Å². The second-order valence-corrected chi connectivity index (χ2v) is 4.44. The third-order valence-corrected chi connectivity index (χ3v) is 1.97. The van der Waals surface area contributed by atoms with Crippen LogP contribution in [0.4, 0.5) is 0 Å². The molecule has 22 heavy (non-hydrogen) atoms. The van der Waals surface area contributed by atoms with Crippen LogP contribution < -0.4 is 103 Å². The summed E-state index contributed by atoms with van der Waals surface area (Å²) in [6.45, 7) is 3.16. The van der Waals surface area contributed by atoms with Crippen LogP contribution in [-0.4, -0.2) is 58.5 Å². The number of aliphatic hydroxyl groups excluding tert-OH is 3. The van der Waals surface area contributed by atoms with Crippen molar-refractivity contribution in [2.24, 2.45) is 0 Å². The second-order valence-electron chi connectivity index (χ2n) is 3.54. The van der Waals surface area contributed by atoms with Crippen molar-refractivity contribution in [1.29, 1.82) is 0 Å². The fourth-order valence-corrected chi connectivity index (χ4v) is 1.10. The van der Waals surface area contributed by atoms with Crippen LogP contribution in [0.15, 0.2) is 0 Å². The van der Waals surface area contributed by atoms with E-state index in [0.717, 1.165) is 25.9 Å². The molecule has 0 saturated carbocycles. The number of likely N-dealkylation sites (tertiary alicyclic amines) is 1. The van der Waals surface area contributed by atoms with E-state index in [1.54, 1.807) is 0 Å². The van der Waals surface area contributed by atoms with Crippen molar-refractivity contribution >= 4 is 13.7 Å². The summed E-state index contributed by atoms with van der Waals surface area (Å²) in [6.07, 6.45) is 0.880. The Labute approximate surface area is 196 Å². The van der Waals surface area contributed by atoms with Crippen molar-refractivity contribution in [2.45, 2.75) is 25.9 Å². The summed E-state index contributed by atoms with van der Waals surface area (Å²) < 4.78 is 8.55. The number of hydrogen-bond acceptors (Lipinski definition) is 8. The normalized spacial score (nSPS) is 12.7. The van der Waals surface area contributed by atoms with Crippen molar-refractivity contribution in [2.75, 3.05) is 26.3 Å². The number of phosphoric acid groups is 1. The van der Waals surface area contributed by atoms with Gasteiger partial charge in [0.25, 0.3) is 0 Å². The van der Waals surface area contributed by atoms with Gasteiger partial charge < -0.3 is 39.5 Å². The Kier molecular flexibility index (Phi) is 34.7. The molecule has 13 heteroatoms. The predicted octanol–water partition coefficient (Wildman–Crippen LogP) is -12.9. The van der Waals surface area contributed by atoms with E-state index in [2.05, 4.69) is 0 Å². The summed E-state index contributed by atoms with van der Waals surface area (Å²) in [5.41, 5.74) is 0. The maximum absolute atomic E-state index is 10.7. The minimum absolute atomic E-state index is 0. The molecule has 0 aromatic rings. The van der Waals surface area contributed by atoms with Gasteiger partial charge in [0.15, 0.2) is 0 Å². The Hall–Kier alpha value is 2.46. The molecular formula is C9H19NNa3O8P. The van der Waals surface area contributed by atoms with Crippen LogP contribution in [-0.2, 0) is 9.36 Å². The fraction of sp³-hybridized carbons (Fsp3) is 0.889. The zero-order chi connectivity index (χ0) is 15.5. The van der Waals surface area contributed by atoms with Crippen molar-refractivity contribution in [3.63, 3.8) is 0 Å². The molecule has 116 valence electrons. The van der Waals surface area contributed by atoms with Gasteiger partial charge in [-0.05, 0) is 13.3 Å². The molecular weight excluding hydrogens is 350 g/mol. The molecule has 0 atom stereocenters. The van der Waals surface area contributed by atoms with Gasteiger partial charge in [0.2, 0.25) is 5.91 Å². The molecule has 1 aliphatic rings. The molecule has 1 rings (SSSR count).